The Morgan fingerprint density at radius 3 is 1.55 bits per heavy atom. The Bertz CT molecular complexity index is 2730. The molecule has 0 aliphatic rings. The van der Waals surface area contributed by atoms with Crippen LogP contribution < -0.4 is 0 Å². The zero-order valence-corrected chi connectivity index (χ0v) is 27.4. The number of benzene rings is 7. The molecule has 0 amide bonds. The Balaban J connectivity index is 1.16. The van der Waals surface area contributed by atoms with E-state index in [4.69, 9.17) is 19.4 Å². The third kappa shape index (κ3) is 5.61. The largest absolute Gasteiger partial charge is 0.456 e. The molecule has 0 radical (unpaired) electrons. The highest BCUT2D eigenvalue weighted by molar-refractivity contribution is 6.13. The minimum atomic E-state index is 0.548. The molecule has 7 aromatic carbocycles. The van der Waals surface area contributed by atoms with Gasteiger partial charge in [-0.2, -0.15) is 5.26 Å². The number of aromatic nitrogens is 3. The standard InChI is InChI=1S/C46H28N4O/c47-29-37-14-7-8-15-38(37)33-20-24-35(25-21-33)45-48-44(34-22-18-31(19-23-34)30-10-3-1-4-11-30)49-46(50-45)36-26-27-40-42(28-36)51-41-17-9-16-39(43(40)41)32-12-5-2-6-13-32/h1-28H. The van der Waals surface area contributed by atoms with E-state index in [0.717, 1.165) is 72.0 Å². The first-order valence-electron chi connectivity index (χ1n) is 16.7. The summed E-state index contributed by atoms with van der Waals surface area (Å²) in [6.07, 6.45) is 0. The van der Waals surface area contributed by atoms with Crippen LogP contribution in [-0.4, -0.2) is 15.0 Å². The van der Waals surface area contributed by atoms with Gasteiger partial charge in [-0.1, -0.05) is 146 Å². The van der Waals surface area contributed by atoms with E-state index in [-0.39, 0.29) is 0 Å². The summed E-state index contributed by atoms with van der Waals surface area (Å²) in [6.45, 7) is 0. The fourth-order valence-corrected chi connectivity index (χ4v) is 6.66. The van der Waals surface area contributed by atoms with Gasteiger partial charge in [0.15, 0.2) is 17.5 Å². The van der Waals surface area contributed by atoms with E-state index in [2.05, 4.69) is 84.9 Å². The summed E-state index contributed by atoms with van der Waals surface area (Å²) in [5, 5.41) is 11.8. The fourth-order valence-electron chi connectivity index (χ4n) is 6.66. The quantitative estimate of drug-likeness (QED) is 0.179. The molecule has 0 spiro atoms. The van der Waals surface area contributed by atoms with Gasteiger partial charge in [0, 0.05) is 27.5 Å². The van der Waals surface area contributed by atoms with Crippen LogP contribution >= 0.6 is 0 Å². The molecule has 2 aromatic heterocycles. The lowest BCUT2D eigenvalue weighted by Gasteiger charge is -2.10. The maximum absolute atomic E-state index is 9.66. The molecule has 0 atom stereocenters. The monoisotopic (exact) mass is 652 g/mol. The van der Waals surface area contributed by atoms with Crippen LogP contribution in [0.3, 0.4) is 0 Å². The van der Waals surface area contributed by atoms with Gasteiger partial charge in [0.05, 0.1) is 11.6 Å². The van der Waals surface area contributed by atoms with Gasteiger partial charge in [-0.3, -0.25) is 0 Å². The Labute approximate surface area is 294 Å². The molecule has 0 N–H and O–H groups in total. The second-order valence-electron chi connectivity index (χ2n) is 12.3. The number of rotatable bonds is 6. The van der Waals surface area contributed by atoms with Gasteiger partial charge in [-0.15, -0.1) is 0 Å². The van der Waals surface area contributed by atoms with Crippen molar-refractivity contribution in [2.24, 2.45) is 0 Å². The normalized spacial score (nSPS) is 11.1. The van der Waals surface area contributed by atoms with Gasteiger partial charge in [0.2, 0.25) is 0 Å². The number of fused-ring (bicyclic) bond motifs is 3. The maximum atomic E-state index is 9.66. The van der Waals surface area contributed by atoms with Crippen molar-refractivity contribution in [2.75, 3.05) is 0 Å². The molecule has 51 heavy (non-hydrogen) atoms. The summed E-state index contributed by atoms with van der Waals surface area (Å²) in [7, 11) is 0. The third-order valence-electron chi connectivity index (χ3n) is 9.23. The predicted octanol–water partition coefficient (Wildman–Crippen LogP) is 11.6. The van der Waals surface area contributed by atoms with Crippen molar-refractivity contribution < 1.29 is 4.42 Å². The summed E-state index contributed by atoms with van der Waals surface area (Å²) < 4.78 is 6.44. The zero-order valence-electron chi connectivity index (χ0n) is 27.4. The SMILES string of the molecule is N#Cc1ccccc1-c1ccc(-c2nc(-c3ccc(-c4ccccc4)cc3)nc(-c3ccc4c(c3)oc3cccc(-c5ccccc5)c34)n2)cc1. The van der Waals surface area contributed by atoms with Crippen molar-refractivity contribution >= 4 is 21.9 Å². The molecule has 0 fully saturated rings. The molecular weight excluding hydrogens is 625 g/mol. The number of furan rings is 1. The van der Waals surface area contributed by atoms with Crippen molar-refractivity contribution in [3.05, 3.63) is 175 Å². The first-order valence-corrected chi connectivity index (χ1v) is 16.7. The van der Waals surface area contributed by atoms with Crippen molar-refractivity contribution in [3.8, 4) is 73.6 Å². The molecule has 0 saturated carbocycles. The van der Waals surface area contributed by atoms with E-state index in [9.17, 15) is 5.26 Å². The van der Waals surface area contributed by atoms with Crippen molar-refractivity contribution in [1.29, 1.82) is 5.26 Å². The summed E-state index contributed by atoms with van der Waals surface area (Å²) in [6, 6.07) is 59.3. The molecule has 0 aliphatic carbocycles. The van der Waals surface area contributed by atoms with Crippen LogP contribution in [0.5, 0.6) is 0 Å². The second-order valence-corrected chi connectivity index (χ2v) is 12.3. The Morgan fingerprint density at radius 1 is 0.392 bits per heavy atom. The summed E-state index contributed by atoms with van der Waals surface area (Å²) in [5.41, 5.74) is 11.2. The Kier molecular flexibility index (Phi) is 7.46. The van der Waals surface area contributed by atoms with Gasteiger partial charge in [0.1, 0.15) is 11.2 Å². The van der Waals surface area contributed by atoms with E-state index in [1.54, 1.807) is 0 Å². The number of hydrogen-bond acceptors (Lipinski definition) is 5. The van der Waals surface area contributed by atoms with E-state index in [1.165, 1.54) is 0 Å². The van der Waals surface area contributed by atoms with Crippen LogP contribution in [0.4, 0.5) is 0 Å². The molecule has 5 nitrogen and oxygen atoms in total. The van der Waals surface area contributed by atoms with Crippen LogP contribution in [0, 0.1) is 11.3 Å². The topological polar surface area (TPSA) is 75.6 Å². The highest BCUT2D eigenvalue weighted by Gasteiger charge is 2.17. The zero-order chi connectivity index (χ0) is 34.1. The molecule has 5 heteroatoms. The minimum absolute atomic E-state index is 0.548. The molecule has 0 bridgehead atoms. The van der Waals surface area contributed by atoms with E-state index >= 15 is 0 Å². The number of hydrogen-bond donors (Lipinski definition) is 0. The summed E-state index contributed by atoms with van der Waals surface area (Å²) >= 11 is 0. The molecule has 0 unspecified atom stereocenters. The van der Waals surface area contributed by atoms with Gasteiger partial charge in [-0.25, -0.2) is 15.0 Å². The Morgan fingerprint density at radius 2 is 0.882 bits per heavy atom. The first kappa shape index (κ1) is 29.9. The summed E-state index contributed by atoms with van der Waals surface area (Å²) in [5.74, 6) is 1.68. The third-order valence-corrected chi connectivity index (χ3v) is 9.23. The van der Waals surface area contributed by atoms with Crippen LogP contribution in [0.15, 0.2) is 174 Å². The van der Waals surface area contributed by atoms with Crippen molar-refractivity contribution in [1.82, 2.24) is 15.0 Å². The highest BCUT2D eigenvalue weighted by Crippen LogP contribution is 2.38. The van der Waals surface area contributed by atoms with Crippen LogP contribution in [0.1, 0.15) is 5.56 Å². The lowest BCUT2D eigenvalue weighted by atomic mass is 9.99. The van der Waals surface area contributed by atoms with Gasteiger partial charge >= 0.3 is 0 Å². The smallest absolute Gasteiger partial charge is 0.164 e. The average Bonchev–Trinajstić information content (AvgIpc) is 3.60. The van der Waals surface area contributed by atoms with E-state index in [1.807, 2.05) is 91.0 Å². The van der Waals surface area contributed by atoms with E-state index in [0.29, 0.717) is 23.0 Å². The number of nitriles is 1. The van der Waals surface area contributed by atoms with Crippen molar-refractivity contribution in [3.63, 3.8) is 0 Å². The second kappa shape index (κ2) is 12.7. The van der Waals surface area contributed by atoms with Crippen LogP contribution in [-0.2, 0) is 0 Å². The van der Waals surface area contributed by atoms with Gasteiger partial charge < -0.3 is 4.42 Å². The average molecular weight is 653 g/mol. The predicted molar refractivity (Wildman–Crippen MR) is 204 cm³/mol. The first-order chi connectivity index (χ1) is 25.2. The van der Waals surface area contributed by atoms with Gasteiger partial charge in [-0.05, 0) is 57.6 Å². The van der Waals surface area contributed by atoms with Crippen molar-refractivity contribution in [2.45, 2.75) is 0 Å². The lowest BCUT2D eigenvalue weighted by Crippen LogP contribution is -2.00. The molecule has 238 valence electrons. The summed E-state index contributed by atoms with van der Waals surface area (Å²) in [4.78, 5) is 15.0. The van der Waals surface area contributed by atoms with E-state index < -0.39 is 0 Å². The minimum Gasteiger partial charge on any atom is -0.456 e. The molecule has 0 saturated heterocycles. The highest BCUT2D eigenvalue weighted by atomic mass is 16.3. The molecule has 9 aromatic rings. The molecular formula is C46H28N4O. The fraction of sp³-hybridized carbons (Fsp3) is 0. The molecule has 9 rings (SSSR count). The Hall–Kier alpha value is -7.16. The lowest BCUT2D eigenvalue weighted by molar-refractivity contribution is 0.669. The molecule has 0 aliphatic heterocycles. The van der Waals surface area contributed by atoms with Gasteiger partial charge in [0.25, 0.3) is 0 Å². The van der Waals surface area contributed by atoms with Crippen LogP contribution in [0.25, 0.3) is 89.5 Å². The maximum Gasteiger partial charge on any atom is 0.164 e. The molecule has 2 heterocycles. The van der Waals surface area contributed by atoms with Crippen LogP contribution in [0.2, 0.25) is 0 Å². The number of nitrogens with zero attached hydrogens (tertiary/aromatic N) is 4.